The molecule has 0 bridgehead atoms. The van der Waals surface area contributed by atoms with Gasteiger partial charge in [-0.2, -0.15) is 0 Å². The van der Waals surface area contributed by atoms with Crippen LogP contribution in [0, 0.1) is 0 Å². The molecule has 0 aromatic heterocycles. The molecule has 68 valence electrons. The number of carbonyl (C=O) groups excluding carboxylic acids is 1. The Balaban J connectivity index is 2.49. The summed E-state index contributed by atoms with van der Waals surface area (Å²) in [4.78, 5) is 11.5. The van der Waals surface area contributed by atoms with Crippen LogP contribution in [0.4, 0.5) is 0 Å². The maximum absolute atomic E-state index is 11.5. The van der Waals surface area contributed by atoms with Crippen molar-refractivity contribution in [2.24, 2.45) is 5.73 Å². The number of rotatable bonds is 0. The van der Waals surface area contributed by atoms with E-state index in [2.05, 4.69) is 0 Å². The molecular formula is C10H10ClNO. The number of Topliss-reactive ketones (excluding diaryl/α,β-unsaturated/α-hetero) is 1. The van der Waals surface area contributed by atoms with Crippen LogP contribution in [0.1, 0.15) is 22.3 Å². The lowest BCUT2D eigenvalue weighted by Gasteiger charge is -2.20. The molecule has 0 saturated carbocycles. The summed E-state index contributed by atoms with van der Waals surface area (Å²) in [6.45, 7) is 0. The summed E-state index contributed by atoms with van der Waals surface area (Å²) < 4.78 is 0. The van der Waals surface area contributed by atoms with Gasteiger partial charge in [0.05, 0.1) is 0 Å². The lowest BCUT2D eigenvalue weighted by molar-refractivity contribution is 0.0965. The minimum absolute atomic E-state index is 0.0431. The largest absolute Gasteiger partial charge is 0.327 e. The van der Waals surface area contributed by atoms with E-state index in [-0.39, 0.29) is 11.8 Å². The van der Waals surface area contributed by atoms with Gasteiger partial charge < -0.3 is 5.73 Å². The zero-order valence-electron chi connectivity index (χ0n) is 7.09. The molecule has 2 nitrogen and oxygen atoms in total. The third kappa shape index (κ3) is 1.60. The van der Waals surface area contributed by atoms with E-state index in [4.69, 9.17) is 17.3 Å². The van der Waals surface area contributed by atoms with Gasteiger partial charge in [-0.25, -0.2) is 0 Å². The van der Waals surface area contributed by atoms with E-state index < -0.39 is 0 Å². The Morgan fingerprint density at radius 1 is 1.38 bits per heavy atom. The Bertz CT molecular complexity index is 362. The summed E-state index contributed by atoms with van der Waals surface area (Å²) in [7, 11) is 0. The van der Waals surface area contributed by atoms with E-state index in [1.54, 1.807) is 12.1 Å². The lowest BCUT2D eigenvalue weighted by Crippen LogP contribution is -2.31. The number of benzene rings is 1. The highest BCUT2D eigenvalue weighted by Gasteiger charge is 2.22. The van der Waals surface area contributed by atoms with Crippen LogP contribution in [-0.4, -0.2) is 11.8 Å². The first kappa shape index (κ1) is 8.73. The first-order valence-corrected chi connectivity index (χ1v) is 4.62. The number of hydrogen-bond acceptors (Lipinski definition) is 2. The van der Waals surface area contributed by atoms with Gasteiger partial charge in [0.2, 0.25) is 0 Å². The highest BCUT2D eigenvalue weighted by Crippen LogP contribution is 2.23. The summed E-state index contributed by atoms with van der Waals surface area (Å²) in [5.41, 5.74) is 7.49. The SMILES string of the molecule is NC1CC(=O)c2ccc(Cl)cc2C1. The maximum Gasteiger partial charge on any atom is 0.164 e. The zero-order chi connectivity index (χ0) is 9.42. The molecule has 13 heavy (non-hydrogen) atoms. The molecule has 2 N–H and O–H groups in total. The second-order valence-corrected chi connectivity index (χ2v) is 3.83. The van der Waals surface area contributed by atoms with Crippen molar-refractivity contribution >= 4 is 17.4 Å². The molecule has 0 fully saturated rings. The van der Waals surface area contributed by atoms with Crippen LogP contribution in [0.25, 0.3) is 0 Å². The maximum atomic E-state index is 11.5. The van der Waals surface area contributed by atoms with Crippen molar-refractivity contribution in [2.45, 2.75) is 18.9 Å². The van der Waals surface area contributed by atoms with Crippen LogP contribution in [-0.2, 0) is 6.42 Å². The predicted molar refractivity (Wildman–Crippen MR) is 52.1 cm³/mol. The van der Waals surface area contributed by atoms with E-state index in [1.165, 1.54) is 0 Å². The molecule has 3 heteroatoms. The van der Waals surface area contributed by atoms with Crippen LogP contribution in [0.5, 0.6) is 0 Å². The fraction of sp³-hybridized carbons (Fsp3) is 0.300. The normalized spacial score (nSPS) is 21.4. The van der Waals surface area contributed by atoms with Gasteiger partial charge in [-0.15, -0.1) is 0 Å². The molecule has 0 aliphatic heterocycles. The number of ketones is 1. The van der Waals surface area contributed by atoms with Gasteiger partial charge in [-0.3, -0.25) is 4.79 Å². The minimum Gasteiger partial charge on any atom is -0.327 e. The monoisotopic (exact) mass is 195 g/mol. The van der Waals surface area contributed by atoms with Crippen molar-refractivity contribution < 1.29 is 4.79 Å². The zero-order valence-corrected chi connectivity index (χ0v) is 7.84. The third-order valence-electron chi connectivity index (χ3n) is 2.30. The smallest absolute Gasteiger partial charge is 0.164 e. The Kier molecular flexibility index (Phi) is 2.10. The number of halogens is 1. The van der Waals surface area contributed by atoms with Crippen LogP contribution in [0.15, 0.2) is 18.2 Å². The molecule has 0 spiro atoms. The van der Waals surface area contributed by atoms with Gasteiger partial charge in [-0.05, 0) is 30.2 Å². The predicted octanol–water partition coefficient (Wildman–Crippen LogP) is 1.80. The quantitative estimate of drug-likeness (QED) is 0.686. The first-order valence-electron chi connectivity index (χ1n) is 4.24. The molecule has 0 saturated heterocycles. The number of nitrogens with two attached hydrogens (primary N) is 1. The number of hydrogen-bond donors (Lipinski definition) is 1. The molecule has 1 aromatic carbocycles. The highest BCUT2D eigenvalue weighted by molar-refractivity contribution is 6.30. The van der Waals surface area contributed by atoms with E-state index in [9.17, 15) is 4.79 Å². The topological polar surface area (TPSA) is 43.1 Å². The summed E-state index contributed by atoms with van der Waals surface area (Å²) in [5.74, 6) is 0.130. The molecule has 1 atom stereocenters. The second-order valence-electron chi connectivity index (χ2n) is 3.39. The van der Waals surface area contributed by atoms with E-state index in [0.717, 1.165) is 17.5 Å². The number of fused-ring (bicyclic) bond motifs is 1. The Morgan fingerprint density at radius 3 is 2.92 bits per heavy atom. The molecular weight excluding hydrogens is 186 g/mol. The molecule has 0 heterocycles. The van der Waals surface area contributed by atoms with Crippen molar-refractivity contribution in [1.82, 2.24) is 0 Å². The molecule has 1 aromatic rings. The van der Waals surface area contributed by atoms with Crippen molar-refractivity contribution in [3.05, 3.63) is 34.3 Å². The molecule has 1 aliphatic carbocycles. The summed E-state index contributed by atoms with van der Waals surface area (Å²) in [6.07, 6.45) is 1.20. The highest BCUT2D eigenvalue weighted by atomic mass is 35.5. The van der Waals surface area contributed by atoms with Gasteiger partial charge in [0.15, 0.2) is 5.78 Å². The van der Waals surface area contributed by atoms with E-state index in [1.807, 2.05) is 6.07 Å². The van der Waals surface area contributed by atoms with Gasteiger partial charge in [0, 0.05) is 23.0 Å². The Morgan fingerprint density at radius 2 is 2.15 bits per heavy atom. The Hall–Kier alpha value is -0.860. The van der Waals surface area contributed by atoms with Crippen LogP contribution in [0.3, 0.4) is 0 Å². The van der Waals surface area contributed by atoms with Crippen LogP contribution >= 0.6 is 11.6 Å². The van der Waals surface area contributed by atoms with E-state index in [0.29, 0.717) is 11.4 Å². The van der Waals surface area contributed by atoms with Gasteiger partial charge in [0.1, 0.15) is 0 Å². The fourth-order valence-electron chi connectivity index (χ4n) is 1.71. The van der Waals surface area contributed by atoms with Crippen molar-refractivity contribution in [3.63, 3.8) is 0 Å². The van der Waals surface area contributed by atoms with Gasteiger partial charge in [-0.1, -0.05) is 11.6 Å². The fourth-order valence-corrected chi connectivity index (χ4v) is 1.90. The summed E-state index contributed by atoms with van der Waals surface area (Å²) in [6, 6.07) is 5.31. The molecule has 0 amide bonds. The number of carbonyl (C=O) groups is 1. The lowest BCUT2D eigenvalue weighted by atomic mass is 9.88. The first-order chi connectivity index (χ1) is 6.16. The van der Waals surface area contributed by atoms with Crippen LogP contribution < -0.4 is 5.73 Å². The van der Waals surface area contributed by atoms with Crippen LogP contribution in [0.2, 0.25) is 5.02 Å². The van der Waals surface area contributed by atoms with Crippen molar-refractivity contribution in [1.29, 1.82) is 0 Å². The standard InChI is InChI=1S/C10H10ClNO/c11-7-1-2-9-6(3-7)4-8(12)5-10(9)13/h1-3,8H,4-5,12H2. The average Bonchev–Trinajstić information content (AvgIpc) is 2.02. The van der Waals surface area contributed by atoms with Gasteiger partial charge >= 0.3 is 0 Å². The molecule has 0 radical (unpaired) electrons. The van der Waals surface area contributed by atoms with E-state index >= 15 is 0 Å². The molecule has 1 unspecified atom stereocenters. The summed E-state index contributed by atoms with van der Waals surface area (Å²) >= 11 is 5.82. The average molecular weight is 196 g/mol. The van der Waals surface area contributed by atoms with Crippen molar-refractivity contribution in [2.75, 3.05) is 0 Å². The van der Waals surface area contributed by atoms with Crippen molar-refractivity contribution in [3.8, 4) is 0 Å². The van der Waals surface area contributed by atoms with Gasteiger partial charge in [0.25, 0.3) is 0 Å². The third-order valence-corrected chi connectivity index (χ3v) is 2.53. The molecule has 2 rings (SSSR count). The summed E-state index contributed by atoms with van der Waals surface area (Å²) in [5, 5.41) is 0.667. The Labute approximate surface area is 81.7 Å². The second kappa shape index (κ2) is 3.13. The minimum atomic E-state index is -0.0431. The molecule has 1 aliphatic rings.